The first kappa shape index (κ1) is 10.7. The summed E-state index contributed by atoms with van der Waals surface area (Å²) in [5.74, 6) is -0.863. The van der Waals surface area contributed by atoms with Crippen LogP contribution in [0.2, 0.25) is 0 Å². The van der Waals surface area contributed by atoms with Gasteiger partial charge in [-0.15, -0.1) is 0 Å². The molecule has 1 aromatic rings. The maximum Gasteiger partial charge on any atom is 0.275 e. The van der Waals surface area contributed by atoms with Crippen molar-refractivity contribution in [2.24, 2.45) is 12.8 Å². The highest BCUT2D eigenvalue weighted by Crippen LogP contribution is 2.26. The van der Waals surface area contributed by atoms with Crippen molar-refractivity contribution in [2.45, 2.75) is 18.9 Å². The van der Waals surface area contributed by atoms with Crippen molar-refractivity contribution in [1.29, 1.82) is 0 Å². The molecule has 16 heavy (non-hydrogen) atoms. The van der Waals surface area contributed by atoms with Crippen LogP contribution in [0.4, 0.5) is 0 Å². The standard InChI is InChI=1S/C10H14N4O2/c1-13-5-7(9(11)15)8(12-13)10(16)14(2)6-3-4-6/h5-6H,3-4H2,1-2H3,(H2,11,15). The summed E-state index contributed by atoms with van der Waals surface area (Å²) >= 11 is 0. The molecule has 0 unspecified atom stereocenters. The molecule has 2 rings (SSSR count). The molecule has 1 saturated carbocycles. The Morgan fingerprint density at radius 2 is 2.19 bits per heavy atom. The van der Waals surface area contributed by atoms with Crippen LogP contribution in [0.3, 0.4) is 0 Å². The Kier molecular flexibility index (Phi) is 2.41. The lowest BCUT2D eigenvalue weighted by molar-refractivity contribution is 0.0773. The lowest BCUT2D eigenvalue weighted by Crippen LogP contribution is -2.31. The average Bonchev–Trinajstić information content (AvgIpc) is 2.99. The van der Waals surface area contributed by atoms with Crippen LogP contribution in [0.5, 0.6) is 0 Å². The molecule has 6 heteroatoms. The Hall–Kier alpha value is -1.85. The first-order valence-corrected chi connectivity index (χ1v) is 5.11. The molecule has 0 bridgehead atoms. The highest BCUT2D eigenvalue weighted by molar-refractivity contribution is 6.05. The fourth-order valence-electron chi connectivity index (χ4n) is 1.62. The van der Waals surface area contributed by atoms with Gasteiger partial charge in [0.15, 0.2) is 5.69 Å². The summed E-state index contributed by atoms with van der Waals surface area (Å²) in [7, 11) is 3.37. The lowest BCUT2D eigenvalue weighted by atomic mass is 10.2. The van der Waals surface area contributed by atoms with Gasteiger partial charge in [-0.3, -0.25) is 14.3 Å². The van der Waals surface area contributed by atoms with Gasteiger partial charge in [0, 0.05) is 26.3 Å². The molecular weight excluding hydrogens is 208 g/mol. The summed E-state index contributed by atoms with van der Waals surface area (Å²) in [5, 5.41) is 3.99. The van der Waals surface area contributed by atoms with Gasteiger partial charge in [0.25, 0.3) is 11.8 Å². The normalized spacial score (nSPS) is 14.9. The number of aryl methyl sites for hydroxylation is 1. The van der Waals surface area contributed by atoms with Gasteiger partial charge < -0.3 is 10.6 Å². The molecule has 6 nitrogen and oxygen atoms in total. The van der Waals surface area contributed by atoms with E-state index in [4.69, 9.17) is 5.73 Å². The minimum absolute atomic E-state index is 0.143. The molecule has 0 saturated heterocycles. The first-order chi connectivity index (χ1) is 7.50. The summed E-state index contributed by atoms with van der Waals surface area (Å²) in [6, 6.07) is 0.287. The summed E-state index contributed by atoms with van der Waals surface area (Å²) in [6.45, 7) is 0. The van der Waals surface area contributed by atoms with Gasteiger partial charge in [0.05, 0.1) is 5.56 Å². The van der Waals surface area contributed by atoms with Gasteiger partial charge in [-0.25, -0.2) is 0 Å². The third kappa shape index (κ3) is 1.78. The summed E-state index contributed by atoms with van der Waals surface area (Å²) in [5.41, 5.74) is 5.52. The monoisotopic (exact) mass is 222 g/mol. The van der Waals surface area contributed by atoms with E-state index in [1.807, 2.05) is 0 Å². The zero-order valence-electron chi connectivity index (χ0n) is 9.30. The number of carbonyl (C=O) groups excluding carboxylic acids is 2. The Balaban J connectivity index is 2.31. The lowest BCUT2D eigenvalue weighted by Gasteiger charge is -2.14. The minimum Gasteiger partial charge on any atom is -0.365 e. The van der Waals surface area contributed by atoms with E-state index in [0.717, 1.165) is 12.8 Å². The van der Waals surface area contributed by atoms with Crippen LogP contribution in [-0.2, 0) is 7.05 Å². The Morgan fingerprint density at radius 1 is 1.56 bits per heavy atom. The number of amides is 2. The Bertz CT molecular complexity index is 448. The topological polar surface area (TPSA) is 81.2 Å². The molecule has 86 valence electrons. The predicted molar refractivity (Wildman–Crippen MR) is 56.8 cm³/mol. The van der Waals surface area contributed by atoms with E-state index >= 15 is 0 Å². The van der Waals surface area contributed by atoms with Gasteiger partial charge in [0.1, 0.15) is 0 Å². The summed E-state index contributed by atoms with van der Waals surface area (Å²) in [6.07, 6.45) is 3.50. The highest BCUT2D eigenvalue weighted by Gasteiger charge is 2.32. The predicted octanol–water partition coefficient (Wildman–Crippen LogP) is -0.247. The van der Waals surface area contributed by atoms with Crippen LogP contribution in [-0.4, -0.2) is 39.6 Å². The van der Waals surface area contributed by atoms with Crippen molar-refractivity contribution in [3.05, 3.63) is 17.5 Å². The van der Waals surface area contributed by atoms with Crippen molar-refractivity contribution < 1.29 is 9.59 Å². The molecule has 0 aromatic carbocycles. The zero-order valence-corrected chi connectivity index (χ0v) is 9.30. The van der Waals surface area contributed by atoms with Crippen LogP contribution in [0.15, 0.2) is 6.20 Å². The van der Waals surface area contributed by atoms with Crippen LogP contribution in [0.1, 0.15) is 33.7 Å². The first-order valence-electron chi connectivity index (χ1n) is 5.11. The molecule has 1 aromatic heterocycles. The van der Waals surface area contributed by atoms with Crippen LogP contribution in [0, 0.1) is 0 Å². The number of aromatic nitrogens is 2. The average molecular weight is 222 g/mol. The molecule has 1 aliphatic rings. The fraction of sp³-hybridized carbons (Fsp3) is 0.500. The molecule has 0 radical (unpaired) electrons. The zero-order chi connectivity index (χ0) is 11.9. The number of hydrogen-bond donors (Lipinski definition) is 1. The van der Waals surface area contributed by atoms with Crippen LogP contribution in [0.25, 0.3) is 0 Å². The third-order valence-electron chi connectivity index (χ3n) is 2.71. The second-order valence-electron chi connectivity index (χ2n) is 4.08. The van der Waals surface area contributed by atoms with E-state index < -0.39 is 5.91 Å². The number of rotatable bonds is 3. The molecule has 2 N–H and O–H groups in total. The number of nitrogens with two attached hydrogens (primary N) is 1. The van der Waals surface area contributed by atoms with Crippen LogP contribution < -0.4 is 5.73 Å². The van der Waals surface area contributed by atoms with E-state index in [9.17, 15) is 9.59 Å². The third-order valence-corrected chi connectivity index (χ3v) is 2.71. The molecule has 2 amide bonds. The summed E-state index contributed by atoms with van der Waals surface area (Å²) in [4.78, 5) is 24.8. The van der Waals surface area contributed by atoms with E-state index in [1.54, 1.807) is 19.0 Å². The van der Waals surface area contributed by atoms with Crippen molar-refractivity contribution >= 4 is 11.8 Å². The van der Waals surface area contributed by atoms with Gasteiger partial charge in [-0.05, 0) is 12.8 Å². The van der Waals surface area contributed by atoms with Gasteiger partial charge in [-0.2, -0.15) is 5.10 Å². The Morgan fingerprint density at radius 3 is 2.69 bits per heavy atom. The highest BCUT2D eigenvalue weighted by atomic mass is 16.2. The fourth-order valence-corrected chi connectivity index (χ4v) is 1.62. The smallest absolute Gasteiger partial charge is 0.275 e. The molecule has 1 heterocycles. The second kappa shape index (κ2) is 3.62. The van der Waals surface area contributed by atoms with E-state index in [1.165, 1.54) is 10.9 Å². The molecule has 1 aliphatic carbocycles. The number of nitrogens with zero attached hydrogens (tertiary/aromatic N) is 3. The minimum atomic E-state index is -0.624. The number of primary amides is 1. The Labute approximate surface area is 93.0 Å². The maximum atomic E-state index is 12.0. The van der Waals surface area contributed by atoms with E-state index in [-0.39, 0.29) is 23.2 Å². The quantitative estimate of drug-likeness (QED) is 0.765. The van der Waals surface area contributed by atoms with Crippen molar-refractivity contribution in [1.82, 2.24) is 14.7 Å². The van der Waals surface area contributed by atoms with Gasteiger partial charge >= 0.3 is 0 Å². The van der Waals surface area contributed by atoms with E-state index in [0.29, 0.717) is 0 Å². The second-order valence-corrected chi connectivity index (χ2v) is 4.08. The molecule has 0 atom stereocenters. The number of carbonyl (C=O) groups is 2. The molecule has 0 aliphatic heterocycles. The van der Waals surface area contributed by atoms with Crippen molar-refractivity contribution in [2.75, 3.05) is 7.05 Å². The van der Waals surface area contributed by atoms with Gasteiger partial charge in [0.2, 0.25) is 0 Å². The number of hydrogen-bond acceptors (Lipinski definition) is 3. The van der Waals surface area contributed by atoms with Crippen LogP contribution >= 0.6 is 0 Å². The van der Waals surface area contributed by atoms with E-state index in [2.05, 4.69) is 5.10 Å². The molecule has 0 spiro atoms. The van der Waals surface area contributed by atoms with Crippen molar-refractivity contribution in [3.63, 3.8) is 0 Å². The SMILES string of the molecule is CN(C(=O)c1nn(C)cc1C(N)=O)C1CC1. The summed E-state index contributed by atoms with van der Waals surface area (Å²) < 4.78 is 1.42. The largest absolute Gasteiger partial charge is 0.365 e. The maximum absolute atomic E-state index is 12.0. The molecule has 1 fully saturated rings. The van der Waals surface area contributed by atoms with Gasteiger partial charge in [-0.1, -0.05) is 0 Å². The van der Waals surface area contributed by atoms with Crippen molar-refractivity contribution in [3.8, 4) is 0 Å². The molecular formula is C10H14N4O2.